The van der Waals surface area contributed by atoms with Crippen LogP contribution in [0.5, 0.6) is 0 Å². The van der Waals surface area contributed by atoms with Gasteiger partial charge in [0.15, 0.2) is 8.95 Å². The topological polar surface area (TPSA) is 99.4 Å². The molecule has 0 aliphatic carbocycles. The molecule has 0 spiro atoms. The van der Waals surface area contributed by atoms with Crippen molar-refractivity contribution >= 4 is 43.6 Å². The van der Waals surface area contributed by atoms with Crippen molar-refractivity contribution in [3.8, 4) is 0 Å². The van der Waals surface area contributed by atoms with Crippen molar-refractivity contribution in [2.45, 2.75) is 0 Å². The summed E-state index contributed by atoms with van der Waals surface area (Å²) in [5.41, 5.74) is 0. The SMILES string of the molecule is O=[N+]([O-])c1oc([N+](=O)[O-])c(Br)c1Br. The average molecular weight is 316 g/mol. The summed E-state index contributed by atoms with van der Waals surface area (Å²) in [5, 5.41) is 20.5. The highest BCUT2D eigenvalue weighted by Crippen LogP contribution is 2.42. The van der Waals surface area contributed by atoms with Crippen LogP contribution in [0.3, 0.4) is 0 Å². The molecule has 1 rings (SSSR count). The molecule has 0 aromatic carbocycles. The van der Waals surface area contributed by atoms with Crippen LogP contribution in [0, 0.1) is 20.2 Å². The summed E-state index contributed by atoms with van der Waals surface area (Å²) in [4.78, 5) is 18.8. The molecule has 0 saturated heterocycles. The fraction of sp³-hybridized carbons (Fsp3) is 0. The maximum Gasteiger partial charge on any atom is 0.453 e. The van der Waals surface area contributed by atoms with Gasteiger partial charge >= 0.3 is 11.8 Å². The van der Waals surface area contributed by atoms with Crippen molar-refractivity contribution in [1.82, 2.24) is 0 Å². The fourth-order valence-corrected chi connectivity index (χ4v) is 1.39. The summed E-state index contributed by atoms with van der Waals surface area (Å²) < 4.78 is 4.22. The van der Waals surface area contributed by atoms with Gasteiger partial charge in [-0.2, -0.15) is 0 Å². The molecule has 1 aromatic heterocycles. The van der Waals surface area contributed by atoms with Crippen LogP contribution in [0.1, 0.15) is 0 Å². The van der Waals surface area contributed by atoms with E-state index in [9.17, 15) is 20.2 Å². The van der Waals surface area contributed by atoms with Crippen LogP contribution in [-0.4, -0.2) is 9.85 Å². The van der Waals surface area contributed by atoms with Gasteiger partial charge in [0.05, 0.1) is 0 Å². The molecule has 9 heteroatoms. The zero-order valence-electron chi connectivity index (χ0n) is 5.69. The predicted octanol–water partition coefficient (Wildman–Crippen LogP) is 2.62. The molecule has 0 saturated carbocycles. The van der Waals surface area contributed by atoms with Crippen molar-refractivity contribution in [2.24, 2.45) is 0 Å². The van der Waals surface area contributed by atoms with Crippen LogP contribution in [0.15, 0.2) is 13.4 Å². The van der Waals surface area contributed by atoms with E-state index in [1.54, 1.807) is 0 Å². The lowest BCUT2D eigenvalue weighted by Crippen LogP contribution is -1.85. The van der Waals surface area contributed by atoms with E-state index in [4.69, 9.17) is 0 Å². The second-order valence-electron chi connectivity index (χ2n) is 1.85. The van der Waals surface area contributed by atoms with E-state index >= 15 is 0 Å². The molecule has 1 heterocycles. The van der Waals surface area contributed by atoms with E-state index in [0.717, 1.165) is 0 Å². The Morgan fingerprint density at radius 2 is 1.31 bits per heavy atom. The van der Waals surface area contributed by atoms with Gasteiger partial charge in [0.25, 0.3) is 0 Å². The van der Waals surface area contributed by atoms with Crippen molar-refractivity contribution in [2.75, 3.05) is 0 Å². The molecular weight excluding hydrogens is 316 g/mol. The van der Waals surface area contributed by atoms with E-state index in [2.05, 4.69) is 36.3 Å². The van der Waals surface area contributed by atoms with Gasteiger partial charge in [0.1, 0.15) is 9.85 Å². The molecule has 70 valence electrons. The minimum atomic E-state index is -0.859. The second-order valence-corrected chi connectivity index (χ2v) is 3.44. The largest absolute Gasteiger partial charge is 0.453 e. The Balaban J connectivity index is 3.36. The average Bonchev–Trinajstić information content (AvgIpc) is 2.29. The third-order valence-electron chi connectivity index (χ3n) is 1.09. The predicted molar refractivity (Wildman–Crippen MR) is 47.4 cm³/mol. The molecule has 7 nitrogen and oxygen atoms in total. The minimum absolute atomic E-state index is 0.0794. The third kappa shape index (κ3) is 1.70. The Morgan fingerprint density at radius 1 is 1.00 bits per heavy atom. The van der Waals surface area contributed by atoms with Gasteiger partial charge in [-0.15, -0.1) is 0 Å². The maximum absolute atomic E-state index is 10.2. The van der Waals surface area contributed by atoms with Gasteiger partial charge in [-0.25, -0.2) is 0 Å². The first kappa shape index (κ1) is 10.1. The van der Waals surface area contributed by atoms with Crippen LogP contribution in [0.2, 0.25) is 0 Å². The standard InChI is InChI=1S/C4Br2N2O5/c5-1-2(6)4(8(11)12)13-3(1)7(9)10. The molecule has 0 fully saturated rings. The molecule has 0 aliphatic rings. The van der Waals surface area contributed by atoms with Crippen molar-refractivity contribution in [3.05, 3.63) is 29.2 Å². The molecule has 0 atom stereocenters. The van der Waals surface area contributed by atoms with E-state index in [-0.39, 0.29) is 8.95 Å². The lowest BCUT2D eigenvalue weighted by Gasteiger charge is -1.81. The number of furan rings is 1. The van der Waals surface area contributed by atoms with Crippen molar-refractivity contribution in [3.63, 3.8) is 0 Å². The van der Waals surface area contributed by atoms with Gasteiger partial charge < -0.3 is 4.42 Å². The molecule has 13 heavy (non-hydrogen) atoms. The van der Waals surface area contributed by atoms with Crippen LogP contribution >= 0.6 is 31.9 Å². The molecule has 0 N–H and O–H groups in total. The van der Waals surface area contributed by atoms with E-state index < -0.39 is 21.6 Å². The normalized spacial score (nSPS) is 10.0. The van der Waals surface area contributed by atoms with E-state index in [1.807, 2.05) is 0 Å². The third-order valence-corrected chi connectivity index (χ3v) is 3.10. The summed E-state index contributed by atoms with van der Waals surface area (Å²) in [6, 6.07) is 0. The van der Waals surface area contributed by atoms with E-state index in [1.165, 1.54) is 0 Å². The van der Waals surface area contributed by atoms with Crippen molar-refractivity contribution in [1.29, 1.82) is 0 Å². The Morgan fingerprint density at radius 3 is 1.46 bits per heavy atom. The highest BCUT2D eigenvalue weighted by atomic mass is 79.9. The summed E-state index contributed by atoms with van der Waals surface area (Å²) in [5.74, 6) is -1.39. The Hall–Kier alpha value is -0.960. The number of nitro groups is 2. The van der Waals surface area contributed by atoms with Gasteiger partial charge in [0, 0.05) is 0 Å². The highest BCUT2D eigenvalue weighted by Gasteiger charge is 2.32. The first-order valence-electron chi connectivity index (χ1n) is 2.71. The highest BCUT2D eigenvalue weighted by molar-refractivity contribution is 9.13. The van der Waals surface area contributed by atoms with Gasteiger partial charge in [0.2, 0.25) is 0 Å². The summed E-state index contributed by atoms with van der Waals surface area (Å²) >= 11 is 5.57. The van der Waals surface area contributed by atoms with E-state index in [0.29, 0.717) is 0 Å². The molecule has 1 aromatic rings. The first-order chi connectivity index (χ1) is 5.95. The number of rotatable bonds is 2. The lowest BCUT2D eigenvalue weighted by atomic mass is 10.6. The van der Waals surface area contributed by atoms with Gasteiger partial charge in [-0.05, 0) is 31.9 Å². The van der Waals surface area contributed by atoms with Crippen LogP contribution in [-0.2, 0) is 0 Å². The summed E-state index contributed by atoms with van der Waals surface area (Å²) in [7, 11) is 0. The number of halogens is 2. The smallest absolute Gasteiger partial charge is 0.339 e. The van der Waals surface area contributed by atoms with Gasteiger partial charge in [-0.1, -0.05) is 0 Å². The maximum atomic E-state index is 10.2. The molecule has 0 aliphatic heterocycles. The molecule has 0 bridgehead atoms. The summed E-state index contributed by atoms with van der Waals surface area (Å²) in [6.45, 7) is 0. The Bertz CT molecular complexity index is 352. The monoisotopic (exact) mass is 314 g/mol. The molecule has 0 amide bonds. The number of nitrogens with zero attached hydrogens (tertiary/aromatic N) is 2. The fourth-order valence-electron chi connectivity index (χ4n) is 0.604. The second kappa shape index (κ2) is 3.42. The number of hydrogen-bond acceptors (Lipinski definition) is 5. The van der Waals surface area contributed by atoms with Gasteiger partial charge in [-0.3, -0.25) is 20.2 Å². The lowest BCUT2D eigenvalue weighted by molar-refractivity contribution is -0.424. The Labute approximate surface area is 87.3 Å². The van der Waals surface area contributed by atoms with Crippen LogP contribution in [0.4, 0.5) is 11.8 Å². The minimum Gasteiger partial charge on any atom is -0.339 e. The molecular formula is C4Br2N2O5. The number of hydrogen-bond donors (Lipinski definition) is 0. The summed E-state index contributed by atoms with van der Waals surface area (Å²) in [6.07, 6.45) is 0. The van der Waals surface area contributed by atoms with Crippen LogP contribution in [0.25, 0.3) is 0 Å². The van der Waals surface area contributed by atoms with Crippen LogP contribution < -0.4 is 0 Å². The zero-order valence-corrected chi connectivity index (χ0v) is 8.86. The molecule has 0 radical (unpaired) electrons. The zero-order chi connectivity index (χ0) is 10.2. The van der Waals surface area contributed by atoms with Crippen molar-refractivity contribution < 1.29 is 14.3 Å². The Kier molecular flexibility index (Phi) is 2.66. The quantitative estimate of drug-likeness (QED) is 0.617. The first-order valence-corrected chi connectivity index (χ1v) is 4.30. The molecule has 0 unspecified atom stereocenters.